The number of nitrogens with zero attached hydrogens (tertiary/aromatic N) is 3. The number of hydrogen-bond donors (Lipinski definition) is 4. The van der Waals surface area contributed by atoms with E-state index in [1.54, 1.807) is 7.11 Å². The van der Waals surface area contributed by atoms with Gasteiger partial charge in [0.05, 0.1) is 20.0 Å². The van der Waals surface area contributed by atoms with Crippen molar-refractivity contribution >= 4 is 28.7 Å². The number of methoxy groups -OCH3 is 1. The highest BCUT2D eigenvalue weighted by Gasteiger charge is 2.40. The standard InChI is InChI=1S/C22H27N3O.C6H8O7/c1-24(2)11-12-25(17-19-5-4-10-23-15-19)16-18-6-7-21-14-22(26-3)9-8-20(21)13-18;7-3(8)1-6(13,5(11)12)2-4(9)10/h4-10,13-15H,11-12,16-17H2,1-3H3;13H,1-2H2,(H,7,8)(H,9,10)(H,11,12). The highest BCUT2D eigenvalue weighted by molar-refractivity contribution is 5.88. The minimum Gasteiger partial charge on any atom is -0.497 e. The zero-order chi connectivity index (χ0) is 29.0. The summed E-state index contributed by atoms with van der Waals surface area (Å²) in [6, 6.07) is 17.0. The van der Waals surface area contributed by atoms with Crippen LogP contribution >= 0.6 is 0 Å². The van der Waals surface area contributed by atoms with Gasteiger partial charge in [0.15, 0.2) is 5.60 Å². The number of hydrogen-bond acceptors (Lipinski definition) is 8. The van der Waals surface area contributed by atoms with Crippen LogP contribution in [0.3, 0.4) is 0 Å². The third-order valence-electron chi connectivity index (χ3n) is 5.80. The minimum atomic E-state index is -2.74. The Kier molecular flexibility index (Phi) is 11.8. The number of carboxylic acid groups (broad SMARTS) is 3. The maximum atomic E-state index is 10.3. The molecule has 0 atom stereocenters. The highest BCUT2D eigenvalue weighted by Crippen LogP contribution is 2.23. The zero-order valence-electron chi connectivity index (χ0n) is 22.3. The monoisotopic (exact) mass is 541 g/mol. The van der Waals surface area contributed by atoms with Gasteiger partial charge in [0, 0.05) is 38.6 Å². The Morgan fingerprint density at radius 3 is 2.03 bits per heavy atom. The smallest absolute Gasteiger partial charge is 0.336 e. The van der Waals surface area contributed by atoms with Gasteiger partial charge < -0.3 is 30.1 Å². The molecule has 0 aliphatic heterocycles. The van der Waals surface area contributed by atoms with E-state index in [0.29, 0.717) is 0 Å². The molecule has 0 saturated heterocycles. The van der Waals surface area contributed by atoms with Crippen molar-refractivity contribution in [3.63, 3.8) is 0 Å². The van der Waals surface area contributed by atoms with Gasteiger partial charge >= 0.3 is 17.9 Å². The predicted molar refractivity (Wildman–Crippen MR) is 144 cm³/mol. The Bertz CT molecular complexity index is 1230. The van der Waals surface area contributed by atoms with Crippen LogP contribution in [0.5, 0.6) is 5.75 Å². The molecule has 1 aromatic heterocycles. The van der Waals surface area contributed by atoms with Crippen molar-refractivity contribution in [3.05, 3.63) is 72.1 Å². The number of fused-ring (bicyclic) bond motifs is 1. The molecule has 0 radical (unpaired) electrons. The lowest BCUT2D eigenvalue weighted by atomic mass is 9.96. The van der Waals surface area contributed by atoms with Crippen molar-refractivity contribution in [1.82, 2.24) is 14.8 Å². The minimum absolute atomic E-state index is 0.898. The number of ether oxygens (including phenoxy) is 1. The van der Waals surface area contributed by atoms with Gasteiger partial charge in [0.2, 0.25) is 0 Å². The SMILES string of the molecule is COc1ccc2cc(CN(CCN(C)C)Cc3cccnc3)ccc2c1.O=C(O)CC(O)(CC(=O)O)C(=O)O. The molecule has 0 amide bonds. The predicted octanol–water partition coefficient (Wildman–Crippen LogP) is 2.56. The summed E-state index contributed by atoms with van der Waals surface area (Å²) in [5.74, 6) is -4.12. The van der Waals surface area contributed by atoms with Crippen LogP contribution in [0.25, 0.3) is 10.8 Å². The van der Waals surface area contributed by atoms with E-state index in [2.05, 4.69) is 65.3 Å². The van der Waals surface area contributed by atoms with E-state index in [1.165, 1.54) is 21.9 Å². The molecule has 4 N–H and O–H groups in total. The van der Waals surface area contributed by atoms with Crippen LogP contribution in [-0.2, 0) is 27.5 Å². The fraction of sp³-hybridized carbons (Fsp3) is 0.357. The van der Waals surface area contributed by atoms with Gasteiger partial charge in [-0.3, -0.25) is 19.5 Å². The van der Waals surface area contributed by atoms with E-state index >= 15 is 0 Å². The number of benzene rings is 2. The Morgan fingerprint density at radius 1 is 0.872 bits per heavy atom. The number of aliphatic carboxylic acids is 3. The molecule has 2 aromatic carbocycles. The number of carboxylic acids is 3. The molecule has 210 valence electrons. The number of rotatable bonds is 13. The third kappa shape index (κ3) is 10.7. The fourth-order valence-electron chi connectivity index (χ4n) is 3.78. The van der Waals surface area contributed by atoms with Gasteiger partial charge in [0.1, 0.15) is 5.75 Å². The lowest BCUT2D eigenvalue weighted by Gasteiger charge is -2.24. The molecule has 0 fully saturated rings. The Labute approximate surface area is 226 Å². The van der Waals surface area contributed by atoms with E-state index < -0.39 is 36.4 Å². The lowest BCUT2D eigenvalue weighted by Crippen LogP contribution is -2.42. The average molecular weight is 542 g/mol. The quantitative estimate of drug-likeness (QED) is 0.252. The second-order valence-electron chi connectivity index (χ2n) is 9.40. The molecule has 11 nitrogen and oxygen atoms in total. The summed E-state index contributed by atoms with van der Waals surface area (Å²) >= 11 is 0. The second kappa shape index (κ2) is 14.8. The van der Waals surface area contributed by atoms with Crippen LogP contribution in [0.4, 0.5) is 0 Å². The van der Waals surface area contributed by atoms with Crippen LogP contribution in [0.15, 0.2) is 60.9 Å². The van der Waals surface area contributed by atoms with Gasteiger partial charge in [0.25, 0.3) is 0 Å². The van der Waals surface area contributed by atoms with Crippen molar-refractivity contribution in [2.24, 2.45) is 0 Å². The Morgan fingerprint density at radius 2 is 1.49 bits per heavy atom. The van der Waals surface area contributed by atoms with Crippen LogP contribution in [0, 0.1) is 0 Å². The fourth-order valence-corrected chi connectivity index (χ4v) is 3.78. The zero-order valence-corrected chi connectivity index (χ0v) is 22.3. The van der Waals surface area contributed by atoms with E-state index in [0.717, 1.165) is 31.9 Å². The van der Waals surface area contributed by atoms with Gasteiger partial charge in [-0.25, -0.2) is 4.79 Å². The molecule has 1 heterocycles. The van der Waals surface area contributed by atoms with E-state index in [9.17, 15) is 14.4 Å². The number of pyridine rings is 1. The summed E-state index contributed by atoms with van der Waals surface area (Å²) in [5.41, 5.74) is -0.167. The van der Waals surface area contributed by atoms with Crippen molar-refractivity contribution in [2.45, 2.75) is 31.5 Å². The Hall–Kier alpha value is -4.06. The van der Waals surface area contributed by atoms with E-state index in [4.69, 9.17) is 25.2 Å². The number of aromatic nitrogens is 1. The number of likely N-dealkylation sites (N-methyl/N-ethyl adjacent to an activating group) is 1. The summed E-state index contributed by atoms with van der Waals surface area (Å²) in [5, 5.41) is 36.3. The number of carbonyl (C=O) groups is 3. The van der Waals surface area contributed by atoms with Crippen LogP contribution < -0.4 is 4.74 Å². The first-order valence-corrected chi connectivity index (χ1v) is 12.1. The molecule has 0 unspecified atom stereocenters. The number of aliphatic hydroxyl groups is 1. The maximum Gasteiger partial charge on any atom is 0.336 e. The first kappa shape index (κ1) is 31.2. The van der Waals surface area contributed by atoms with Crippen molar-refractivity contribution in [3.8, 4) is 5.75 Å². The van der Waals surface area contributed by atoms with E-state index in [1.807, 2.05) is 24.5 Å². The molecule has 0 saturated carbocycles. The van der Waals surface area contributed by atoms with Gasteiger partial charge in [-0.15, -0.1) is 0 Å². The van der Waals surface area contributed by atoms with Crippen LogP contribution in [0.2, 0.25) is 0 Å². The maximum absolute atomic E-state index is 10.3. The Balaban J connectivity index is 0.000000349. The van der Waals surface area contributed by atoms with Crippen molar-refractivity contribution in [2.75, 3.05) is 34.3 Å². The average Bonchev–Trinajstić information content (AvgIpc) is 2.87. The first-order valence-electron chi connectivity index (χ1n) is 12.1. The molecular formula is C28H35N3O8. The molecule has 0 aliphatic rings. The lowest BCUT2D eigenvalue weighted by molar-refractivity contribution is -0.170. The van der Waals surface area contributed by atoms with Crippen molar-refractivity contribution < 1.29 is 39.5 Å². The molecule has 11 heteroatoms. The highest BCUT2D eigenvalue weighted by atomic mass is 16.5. The van der Waals surface area contributed by atoms with Crippen molar-refractivity contribution in [1.29, 1.82) is 0 Å². The van der Waals surface area contributed by atoms with Crippen LogP contribution in [0.1, 0.15) is 24.0 Å². The molecule has 39 heavy (non-hydrogen) atoms. The van der Waals surface area contributed by atoms with Gasteiger partial charge in [-0.2, -0.15) is 0 Å². The summed E-state index contributed by atoms with van der Waals surface area (Å²) in [6.07, 6.45) is 1.49. The summed E-state index contributed by atoms with van der Waals surface area (Å²) in [4.78, 5) is 39.4. The molecular weight excluding hydrogens is 506 g/mol. The molecule has 3 rings (SSSR count). The molecule has 0 bridgehead atoms. The first-order chi connectivity index (χ1) is 18.4. The third-order valence-corrected chi connectivity index (χ3v) is 5.80. The molecule has 3 aromatic rings. The van der Waals surface area contributed by atoms with Crippen LogP contribution in [-0.4, -0.2) is 93.0 Å². The topological polar surface area (TPSA) is 161 Å². The van der Waals surface area contributed by atoms with Gasteiger partial charge in [-0.05, 0) is 60.3 Å². The summed E-state index contributed by atoms with van der Waals surface area (Å²) < 4.78 is 5.32. The van der Waals surface area contributed by atoms with E-state index in [-0.39, 0.29) is 0 Å². The molecule has 0 aliphatic carbocycles. The summed E-state index contributed by atoms with van der Waals surface area (Å²) in [7, 11) is 5.94. The van der Waals surface area contributed by atoms with Gasteiger partial charge in [-0.1, -0.05) is 24.3 Å². The second-order valence-corrected chi connectivity index (χ2v) is 9.40. The molecule has 0 spiro atoms. The largest absolute Gasteiger partial charge is 0.497 e. The normalized spacial score (nSPS) is 11.2. The summed E-state index contributed by atoms with van der Waals surface area (Å²) in [6.45, 7) is 3.88.